The summed E-state index contributed by atoms with van der Waals surface area (Å²) in [7, 11) is -1.51. The van der Waals surface area contributed by atoms with Crippen LogP contribution in [0.15, 0.2) is 23.4 Å². The maximum atomic E-state index is 11.4. The van der Waals surface area contributed by atoms with Gasteiger partial charge in [0.1, 0.15) is 4.90 Å². The zero-order valence-corrected chi connectivity index (χ0v) is 7.87. The molecule has 0 atom stereocenters. The lowest BCUT2D eigenvalue weighted by Gasteiger charge is -2.26. The van der Waals surface area contributed by atoms with E-state index in [0.717, 1.165) is 0 Å². The molecule has 0 aromatic carbocycles. The molecule has 0 aliphatic carbocycles. The molecule has 0 spiro atoms. The van der Waals surface area contributed by atoms with Crippen molar-refractivity contribution in [2.75, 3.05) is 18.6 Å². The van der Waals surface area contributed by atoms with Crippen molar-refractivity contribution in [2.45, 2.75) is 4.90 Å². The van der Waals surface area contributed by atoms with E-state index in [1.54, 1.807) is 12.3 Å². The second-order valence-electron chi connectivity index (χ2n) is 2.85. The van der Waals surface area contributed by atoms with E-state index in [0.29, 0.717) is 12.4 Å². The van der Waals surface area contributed by atoms with Gasteiger partial charge in [-0.25, -0.2) is 8.42 Å². The van der Waals surface area contributed by atoms with E-state index >= 15 is 0 Å². The normalized spacial score (nSPS) is 19.6. The molecule has 0 saturated heterocycles. The SMILES string of the molecule is CN1CNS(=O)(=O)c2cnccc21. The van der Waals surface area contributed by atoms with Crippen LogP contribution in [0.25, 0.3) is 0 Å². The van der Waals surface area contributed by atoms with Crippen LogP contribution in [0, 0.1) is 0 Å². The number of hydrogen-bond donors (Lipinski definition) is 1. The Morgan fingerprint density at radius 2 is 2.38 bits per heavy atom. The number of anilines is 1. The zero-order chi connectivity index (χ0) is 9.47. The summed E-state index contributed by atoms with van der Waals surface area (Å²) in [5, 5.41) is 0. The van der Waals surface area contributed by atoms with E-state index in [-0.39, 0.29) is 4.90 Å². The highest BCUT2D eigenvalue weighted by molar-refractivity contribution is 7.89. The van der Waals surface area contributed by atoms with Crippen molar-refractivity contribution < 1.29 is 8.42 Å². The molecular formula is C7H9N3O2S. The number of rotatable bonds is 0. The van der Waals surface area contributed by atoms with Crippen LogP contribution in [0.4, 0.5) is 5.69 Å². The van der Waals surface area contributed by atoms with Crippen molar-refractivity contribution in [3.63, 3.8) is 0 Å². The van der Waals surface area contributed by atoms with Crippen LogP contribution < -0.4 is 9.62 Å². The molecule has 5 nitrogen and oxygen atoms in total. The monoisotopic (exact) mass is 199 g/mol. The number of hydrogen-bond acceptors (Lipinski definition) is 4. The lowest BCUT2D eigenvalue weighted by molar-refractivity contribution is 0.574. The number of sulfonamides is 1. The Balaban J connectivity index is 2.68. The highest BCUT2D eigenvalue weighted by Crippen LogP contribution is 2.25. The average Bonchev–Trinajstić information content (AvgIpc) is 2.13. The summed E-state index contributed by atoms with van der Waals surface area (Å²) < 4.78 is 25.3. The third-order valence-electron chi connectivity index (χ3n) is 1.96. The van der Waals surface area contributed by atoms with E-state index in [2.05, 4.69) is 9.71 Å². The Kier molecular flexibility index (Phi) is 1.74. The van der Waals surface area contributed by atoms with Crippen LogP contribution in [-0.2, 0) is 10.0 Å². The molecule has 0 fully saturated rings. The Hall–Kier alpha value is -1.14. The van der Waals surface area contributed by atoms with E-state index in [9.17, 15) is 8.42 Å². The van der Waals surface area contributed by atoms with Crippen LogP contribution in [0.3, 0.4) is 0 Å². The Bertz CT molecular complexity index is 429. The summed E-state index contributed by atoms with van der Waals surface area (Å²) in [6.07, 6.45) is 2.93. The van der Waals surface area contributed by atoms with Gasteiger partial charge >= 0.3 is 0 Å². The first-order valence-electron chi connectivity index (χ1n) is 3.76. The van der Waals surface area contributed by atoms with Gasteiger partial charge in [0, 0.05) is 19.4 Å². The molecule has 6 heteroatoms. The summed E-state index contributed by atoms with van der Waals surface area (Å²) in [4.78, 5) is 5.84. The summed E-state index contributed by atoms with van der Waals surface area (Å²) in [6.45, 7) is 0.305. The van der Waals surface area contributed by atoms with Crippen LogP contribution in [0.1, 0.15) is 0 Å². The quantitative estimate of drug-likeness (QED) is 0.626. The molecule has 0 radical (unpaired) electrons. The van der Waals surface area contributed by atoms with Gasteiger partial charge in [0.05, 0.1) is 12.4 Å². The third kappa shape index (κ3) is 1.27. The fourth-order valence-corrected chi connectivity index (χ4v) is 2.46. The van der Waals surface area contributed by atoms with Crippen LogP contribution in [0.5, 0.6) is 0 Å². The first kappa shape index (κ1) is 8.46. The predicted molar refractivity (Wildman–Crippen MR) is 47.8 cm³/mol. The first-order chi connectivity index (χ1) is 6.11. The molecule has 1 aliphatic rings. The summed E-state index contributed by atoms with van der Waals surface area (Å²) >= 11 is 0. The van der Waals surface area contributed by atoms with Crippen molar-refractivity contribution in [3.8, 4) is 0 Å². The largest absolute Gasteiger partial charge is 0.360 e. The summed E-state index contributed by atoms with van der Waals surface area (Å²) in [5.41, 5.74) is 0.689. The van der Waals surface area contributed by atoms with E-state index in [1.165, 1.54) is 6.20 Å². The van der Waals surface area contributed by atoms with Crippen molar-refractivity contribution in [2.24, 2.45) is 0 Å². The van der Waals surface area contributed by atoms with E-state index in [1.807, 2.05) is 11.9 Å². The van der Waals surface area contributed by atoms with Gasteiger partial charge in [0.25, 0.3) is 0 Å². The molecule has 0 amide bonds. The van der Waals surface area contributed by atoms with Gasteiger partial charge in [-0.2, -0.15) is 4.72 Å². The molecule has 2 rings (SSSR count). The highest BCUT2D eigenvalue weighted by Gasteiger charge is 2.25. The van der Waals surface area contributed by atoms with Crippen LogP contribution >= 0.6 is 0 Å². The fraction of sp³-hybridized carbons (Fsp3) is 0.286. The van der Waals surface area contributed by atoms with Gasteiger partial charge in [0.2, 0.25) is 10.0 Å². The molecule has 0 unspecified atom stereocenters. The van der Waals surface area contributed by atoms with Crippen molar-refractivity contribution in [1.82, 2.24) is 9.71 Å². The second-order valence-corrected chi connectivity index (χ2v) is 4.58. The molecule has 13 heavy (non-hydrogen) atoms. The summed E-state index contributed by atoms with van der Waals surface area (Å²) in [6, 6.07) is 1.69. The Morgan fingerprint density at radius 3 is 3.08 bits per heavy atom. The molecule has 1 aliphatic heterocycles. The van der Waals surface area contributed by atoms with E-state index in [4.69, 9.17) is 0 Å². The number of pyridine rings is 1. The van der Waals surface area contributed by atoms with Gasteiger partial charge in [-0.1, -0.05) is 0 Å². The third-order valence-corrected chi connectivity index (χ3v) is 3.36. The fourth-order valence-electron chi connectivity index (χ4n) is 1.24. The van der Waals surface area contributed by atoms with Crippen molar-refractivity contribution in [1.29, 1.82) is 0 Å². The lowest BCUT2D eigenvalue weighted by Crippen LogP contribution is -2.40. The number of fused-ring (bicyclic) bond motifs is 1. The average molecular weight is 199 g/mol. The molecule has 2 heterocycles. The maximum absolute atomic E-state index is 11.4. The van der Waals surface area contributed by atoms with Crippen molar-refractivity contribution in [3.05, 3.63) is 18.5 Å². The van der Waals surface area contributed by atoms with Gasteiger partial charge in [-0.15, -0.1) is 0 Å². The van der Waals surface area contributed by atoms with E-state index < -0.39 is 10.0 Å². The minimum absolute atomic E-state index is 0.240. The van der Waals surface area contributed by atoms with Gasteiger partial charge in [0.15, 0.2) is 0 Å². The second kappa shape index (κ2) is 2.68. The predicted octanol–water partition coefficient (Wildman–Crippen LogP) is -0.233. The van der Waals surface area contributed by atoms with Crippen LogP contribution in [0.2, 0.25) is 0 Å². The molecular weight excluding hydrogens is 190 g/mol. The molecule has 0 bridgehead atoms. The van der Waals surface area contributed by atoms with Gasteiger partial charge in [-0.05, 0) is 6.07 Å². The van der Waals surface area contributed by atoms with Gasteiger partial charge in [-0.3, -0.25) is 4.98 Å². The number of nitrogens with one attached hydrogen (secondary N) is 1. The smallest absolute Gasteiger partial charge is 0.245 e. The van der Waals surface area contributed by atoms with Crippen LogP contribution in [-0.4, -0.2) is 27.1 Å². The first-order valence-corrected chi connectivity index (χ1v) is 5.24. The maximum Gasteiger partial charge on any atom is 0.245 e. The lowest BCUT2D eigenvalue weighted by atomic mass is 10.4. The Morgan fingerprint density at radius 1 is 1.62 bits per heavy atom. The number of aromatic nitrogens is 1. The topological polar surface area (TPSA) is 62.3 Å². The van der Waals surface area contributed by atoms with Gasteiger partial charge < -0.3 is 4.90 Å². The Labute approximate surface area is 76.4 Å². The molecule has 70 valence electrons. The molecule has 1 aromatic rings. The van der Waals surface area contributed by atoms with Crippen molar-refractivity contribution >= 4 is 15.7 Å². The standard InChI is InChI=1S/C7H9N3O2S/c1-10-5-9-13(11,12)7-4-8-3-2-6(7)10/h2-4,9H,5H2,1H3. The molecule has 0 saturated carbocycles. The zero-order valence-electron chi connectivity index (χ0n) is 7.06. The number of nitrogens with zero attached hydrogens (tertiary/aromatic N) is 2. The minimum atomic E-state index is -3.33. The minimum Gasteiger partial charge on any atom is -0.360 e. The molecule has 1 aromatic heterocycles. The highest BCUT2D eigenvalue weighted by atomic mass is 32.2. The molecule has 1 N–H and O–H groups in total. The summed E-state index contributed by atoms with van der Waals surface area (Å²) in [5.74, 6) is 0.